The number of fused-ring (bicyclic) bond motifs is 1. The summed E-state index contributed by atoms with van der Waals surface area (Å²) in [6.45, 7) is 7.08. The number of hydrogen-bond acceptors (Lipinski definition) is 5. The number of carboxylic acids is 1. The van der Waals surface area contributed by atoms with Crippen LogP contribution in [0.25, 0.3) is 0 Å². The summed E-state index contributed by atoms with van der Waals surface area (Å²) in [6, 6.07) is 0. The van der Waals surface area contributed by atoms with Crippen LogP contribution in [-0.4, -0.2) is 36.0 Å². The van der Waals surface area contributed by atoms with Gasteiger partial charge in [0.15, 0.2) is 0 Å². The first kappa shape index (κ1) is 19.3. The zero-order chi connectivity index (χ0) is 18.8. The Balaban J connectivity index is 1.95. The third kappa shape index (κ3) is 4.52. The number of amides is 1. The maximum absolute atomic E-state index is 12.1. The van der Waals surface area contributed by atoms with E-state index >= 15 is 0 Å². The van der Waals surface area contributed by atoms with Crippen LogP contribution in [0.15, 0.2) is 11.6 Å². The van der Waals surface area contributed by atoms with E-state index in [1.54, 1.807) is 13.8 Å². The van der Waals surface area contributed by atoms with Crippen molar-refractivity contribution in [3.63, 3.8) is 0 Å². The van der Waals surface area contributed by atoms with Crippen LogP contribution in [0.2, 0.25) is 0 Å². The number of nitrogens with one attached hydrogen (secondary N) is 1. The lowest BCUT2D eigenvalue weighted by Gasteiger charge is -2.51. The molecule has 0 unspecified atom stereocenters. The van der Waals surface area contributed by atoms with Gasteiger partial charge in [0.25, 0.3) is 6.29 Å². The molecule has 1 saturated carbocycles. The molecule has 2 rings (SSSR count). The lowest BCUT2D eigenvalue weighted by Crippen LogP contribution is -2.53. The number of carbonyl (C=O) groups excluding carboxylic acids is 2. The fraction of sp³-hybridized carbons (Fsp3) is 0.722. The fourth-order valence-corrected chi connectivity index (χ4v) is 4.02. The van der Waals surface area contributed by atoms with Crippen molar-refractivity contribution in [2.75, 3.05) is 6.54 Å². The molecule has 0 saturated heterocycles. The van der Waals surface area contributed by atoms with E-state index in [9.17, 15) is 19.5 Å². The first-order valence-electron chi connectivity index (χ1n) is 8.64. The van der Waals surface area contributed by atoms with Crippen LogP contribution in [0.4, 0.5) is 4.79 Å². The Morgan fingerprint density at radius 1 is 1.36 bits per heavy atom. The van der Waals surface area contributed by atoms with E-state index in [0.29, 0.717) is 5.92 Å². The molecule has 0 aromatic rings. The van der Waals surface area contributed by atoms with Crippen LogP contribution in [0, 0.1) is 23.2 Å². The number of esters is 1. The van der Waals surface area contributed by atoms with Crippen molar-refractivity contribution in [3.8, 4) is 0 Å². The molecule has 0 aromatic heterocycles. The average Bonchev–Trinajstić information content (AvgIpc) is 2.78. The van der Waals surface area contributed by atoms with Gasteiger partial charge in [-0.1, -0.05) is 25.5 Å². The highest BCUT2D eigenvalue weighted by molar-refractivity contribution is 5.70. The van der Waals surface area contributed by atoms with E-state index in [2.05, 4.69) is 18.3 Å². The number of carbonyl (C=O) groups is 3. The molecule has 2 aliphatic carbocycles. The van der Waals surface area contributed by atoms with Gasteiger partial charge in [-0.2, -0.15) is 0 Å². The molecule has 0 aromatic carbocycles. The number of ether oxygens (including phenoxy) is 2. The van der Waals surface area contributed by atoms with Crippen LogP contribution in [0.5, 0.6) is 0 Å². The molecule has 1 amide bonds. The average molecular weight is 353 g/mol. The van der Waals surface area contributed by atoms with E-state index in [-0.39, 0.29) is 24.8 Å². The van der Waals surface area contributed by atoms with E-state index in [1.807, 2.05) is 0 Å². The molecule has 25 heavy (non-hydrogen) atoms. The number of rotatable bonds is 7. The van der Waals surface area contributed by atoms with Crippen LogP contribution >= 0.6 is 0 Å². The van der Waals surface area contributed by atoms with Crippen molar-refractivity contribution in [1.82, 2.24) is 5.32 Å². The van der Waals surface area contributed by atoms with Gasteiger partial charge >= 0.3 is 18.0 Å². The monoisotopic (exact) mass is 353 g/mol. The van der Waals surface area contributed by atoms with Crippen LogP contribution < -0.4 is 5.32 Å². The van der Waals surface area contributed by atoms with Crippen molar-refractivity contribution in [2.24, 2.45) is 23.2 Å². The Morgan fingerprint density at radius 3 is 2.56 bits per heavy atom. The molecule has 0 aliphatic heterocycles. The highest BCUT2D eigenvalue weighted by Gasteiger charge is 2.55. The van der Waals surface area contributed by atoms with Crippen LogP contribution in [0.3, 0.4) is 0 Å². The summed E-state index contributed by atoms with van der Waals surface area (Å²) < 4.78 is 10.1. The van der Waals surface area contributed by atoms with Gasteiger partial charge in [0, 0.05) is 24.8 Å². The summed E-state index contributed by atoms with van der Waals surface area (Å²) in [5.74, 6) is -0.926. The topological polar surface area (TPSA) is 102 Å². The lowest BCUT2D eigenvalue weighted by atomic mass is 9.53. The largest absolute Gasteiger partial charge is 0.481 e. The quantitative estimate of drug-likeness (QED) is 0.414. The summed E-state index contributed by atoms with van der Waals surface area (Å²) in [7, 11) is 0. The van der Waals surface area contributed by atoms with Gasteiger partial charge in [-0.15, -0.1) is 0 Å². The molecule has 7 heteroatoms. The van der Waals surface area contributed by atoms with E-state index in [1.165, 1.54) is 12.5 Å². The van der Waals surface area contributed by atoms with Crippen molar-refractivity contribution >= 4 is 18.0 Å². The smallest absolute Gasteiger partial charge is 0.410 e. The number of hydrogen-bond donors (Lipinski definition) is 2. The highest BCUT2D eigenvalue weighted by atomic mass is 16.7. The molecular formula is C18H27NO6. The standard InChI is InChI=1S/C18H27NO6/c1-10(2)16(24-12(4)20)25-17(23)19-9-18(8-15(21)22)7-13-5-11(3)6-14(13)18/h6,10,13-14,16H,5,7-9H2,1-4H3,(H,19,23)(H,21,22)/t13-,14-,16+,18-/m1/s1. The zero-order valence-corrected chi connectivity index (χ0v) is 15.2. The first-order valence-corrected chi connectivity index (χ1v) is 8.64. The third-order valence-electron chi connectivity index (χ3n) is 5.07. The Bertz CT molecular complexity index is 584. The van der Waals surface area contributed by atoms with Crippen molar-refractivity contribution in [1.29, 1.82) is 0 Å². The maximum Gasteiger partial charge on any atom is 0.410 e. The van der Waals surface area contributed by atoms with Gasteiger partial charge in [0.05, 0.1) is 6.42 Å². The number of allylic oxidation sites excluding steroid dienone is 2. The summed E-state index contributed by atoms with van der Waals surface area (Å²) in [6.07, 6.45) is 2.26. The molecule has 0 radical (unpaired) electrons. The molecular weight excluding hydrogens is 326 g/mol. The van der Waals surface area contributed by atoms with Crippen LogP contribution in [0.1, 0.15) is 47.0 Å². The predicted molar refractivity (Wildman–Crippen MR) is 89.5 cm³/mol. The van der Waals surface area contributed by atoms with E-state index in [0.717, 1.165) is 12.8 Å². The lowest BCUT2D eigenvalue weighted by molar-refractivity contribution is -0.172. The molecule has 0 spiro atoms. The number of aliphatic carboxylic acids is 1. The Hall–Kier alpha value is -2.05. The van der Waals surface area contributed by atoms with Crippen molar-refractivity contribution < 1.29 is 29.0 Å². The normalized spacial score (nSPS) is 28.4. The van der Waals surface area contributed by atoms with Crippen molar-refractivity contribution in [2.45, 2.75) is 53.2 Å². The van der Waals surface area contributed by atoms with Gasteiger partial charge in [0.1, 0.15) is 0 Å². The van der Waals surface area contributed by atoms with Crippen molar-refractivity contribution in [3.05, 3.63) is 11.6 Å². The predicted octanol–water partition coefficient (Wildman–Crippen LogP) is 2.71. The SMILES string of the molecule is CC(=O)O[C@@H](OC(=O)NC[C@]1(CC(=O)O)C[C@H]2CC(C)=C[C@H]21)C(C)C. The molecule has 0 heterocycles. The molecule has 0 bridgehead atoms. The van der Waals surface area contributed by atoms with E-state index in [4.69, 9.17) is 9.47 Å². The van der Waals surface area contributed by atoms with Gasteiger partial charge in [0.2, 0.25) is 0 Å². The van der Waals surface area contributed by atoms with E-state index < -0.39 is 29.7 Å². The summed E-state index contributed by atoms with van der Waals surface area (Å²) in [5, 5.41) is 11.9. The minimum absolute atomic E-state index is 0.00970. The Kier molecular flexibility index (Phi) is 5.75. The molecule has 140 valence electrons. The molecule has 2 N–H and O–H groups in total. The van der Waals surface area contributed by atoms with Crippen LogP contribution in [-0.2, 0) is 19.1 Å². The molecule has 4 atom stereocenters. The second-order valence-electron chi connectivity index (χ2n) is 7.62. The summed E-state index contributed by atoms with van der Waals surface area (Å²) in [5.41, 5.74) is 0.807. The summed E-state index contributed by atoms with van der Waals surface area (Å²) >= 11 is 0. The second kappa shape index (κ2) is 7.45. The fourth-order valence-electron chi connectivity index (χ4n) is 4.02. The molecule has 1 fully saturated rings. The minimum atomic E-state index is -0.962. The highest BCUT2D eigenvalue weighted by Crippen LogP contribution is 2.59. The third-order valence-corrected chi connectivity index (χ3v) is 5.07. The Morgan fingerprint density at radius 2 is 2.04 bits per heavy atom. The van der Waals surface area contributed by atoms with Gasteiger partial charge in [-0.25, -0.2) is 4.79 Å². The molecule has 7 nitrogen and oxygen atoms in total. The number of alkyl carbamates (subject to hydrolysis) is 1. The zero-order valence-electron chi connectivity index (χ0n) is 15.2. The second-order valence-corrected chi connectivity index (χ2v) is 7.62. The Labute approximate surface area is 147 Å². The molecule has 2 aliphatic rings. The first-order chi connectivity index (χ1) is 11.6. The minimum Gasteiger partial charge on any atom is -0.481 e. The maximum atomic E-state index is 12.1. The number of carboxylic acid groups (broad SMARTS) is 1. The van der Waals surface area contributed by atoms with Gasteiger partial charge in [-0.3, -0.25) is 9.59 Å². The summed E-state index contributed by atoms with van der Waals surface area (Å²) in [4.78, 5) is 34.5. The van der Waals surface area contributed by atoms with Gasteiger partial charge < -0.3 is 19.9 Å². The van der Waals surface area contributed by atoms with Gasteiger partial charge in [-0.05, 0) is 31.6 Å².